The van der Waals surface area contributed by atoms with Gasteiger partial charge in [0.2, 0.25) is 0 Å². The van der Waals surface area contributed by atoms with E-state index in [1.165, 1.54) is 5.56 Å². The van der Waals surface area contributed by atoms with E-state index in [1.807, 2.05) is 12.1 Å². The molecule has 0 fully saturated rings. The Bertz CT molecular complexity index is 577. The van der Waals surface area contributed by atoms with Crippen LogP contribution in [0.3, 0.4) is 0 Å². The first-order chi connectivity index (χ1) is 9.81. The van der Waals surface area contributed by atoms with E-state index in [-0.39, 0.29) is 0 Å². The summed E-state index contributed by atoms with van der Waals surface area (Å²) in [5.41, 5.74) is 1.23. The van der Waals surface area contributed by atoms with Gasteiger partial charge in [-0.25, -0.2) is 0 Å². The van der Waals surface area contributed by atoms with E-state index < -0.39 is 0 Å². The molecule has 0 aliphatic carbocycles. The van der Waals surface area contributed by atoms with Crippen molar-refractivity contribution in [2.24, 2.45) is 0 Å². The number of nitrogens with zero attached hydrogens (tertiary/aromatic N) is 3. The summed E-state index contributed by atoms with van der Waals surface area (Å²) in [6.07, 6.45) is 0.540. The predicted molar refractivity (Wildman–Crippen MR) is 83.4 cm³/mol. The molecule has 0 aliphatic heterocycles. The highest BCUT2D eigenvalue weighted by molar-refractivity contribution is 8.02. The van der Waals surface area contributed by atoms with Gasteiger partial charge in [-0.15, -0.1) is 10.2 Å². The number of methoxy groups -OCH3 is 1. The zero-order chi connectivity index (χ0) is 14.2. The van der Waals surface area contributed by atoms with Crippen LogP contribution < -0.4 is 4.74 Å². The Morgan fingerprint density at radius 1 is 1.20 bits per heavy atom. The highest BCUT2D eigenvalue weighted by Crippen LogP contribution is 2.31. The molecule has 2 aromatic rings. The number of ether oxygens (including phenoxy) is 1. The minimum absolute atomic E-state index is 0.540. The summed E-state index contributed by atoms with van der Waals surface area (Å²) in [6.45, 7) is 0. The van der Waals surface area contributed by atoms with Crippen LogP contribution in [0.5, 0.6) is 5.75 Å². The average molecular weight is 323 g/mol. The SMILES string of the molecule is COc1ccc(CSc2nnc(SCCC#N)s2)cc1. The topological polar surface area (TPSA) is 58.8 Å². The van der Waals surface area contributed by atoms with Gasteiger partial charge in [-0.05, 0) is 17.7 Å². The Hall–Kier alpha value is -1.23. The summed E-state index contributed by atoms with van der Waals surface area (Å²) >= 11 is 4.84. The molecule has 104 valence electrons. The van der Waals surface area contributed by atoms with Crippen LogP contribution in [0.15, 0.2) is 32.9 Å². The Morgan fingerprint density at radius 2 is 1.90 bits per heavy atom. The third kappa shape index (κ3) is 4.71. The van der Waals surface area contributed by atoms with Crippen LogP contribution in [0.25, 0.3) is 0 Å². The molecule has 4 nitrogen and oxygen atoms in total. The highest BCUT2D eigenvalue weighted by Gasteiger charge is 2.05. The van der Waals surface area contributed by atoms with Crippen molar-refractivity contribution in [2.75, 3.05) is 12.9 Å². The molecule has 2 rings (SSSR count). The van der Waals surface area contributed by atoms with Gasteiger partial charge < -0.3 is 4.74 Å². The van der Waals surface area contributed by atoms with Crippen LogP contribution in [-0.2, 0) is 5.75 Å². The second-order valence-electron chi connectivity index (χ2n) is 3.73. The van der Waals surface area contributed by atoms with Gasteiger partial charge in [0.1, 0.15) is 5.75 Å². The third-order valence-electron chi connectivity index (χ3n) is 2.35. The molecule has 0 radical (unpaired) electrons. The van der Waals surface area contributed by atoms with Crippen LogP contribution in [0.4, 0.5) is 0 Å². The van der Waals surface area contributed by atoms with E-state index in [4.69, 9.17) is 10.00 Å². The summed E-state index contributed by atoms with van der Waals surface area (Å²) in [7, 11) is 1.66. The second-order valence-corrected chi connectivity index (χ2v) is 7.27. The van der Waals surface area contributed by atoms with Crippen LogP contribution in [-0.4, -0.2) is 23.1 Å². The van der Waals surface area contributed by atoms with Crippen molar-refractivity contribution in [2.45, 2.75) is 20.9 Å². The molecule has 0 bridgehead atoms. The van der Waals surface area contributed by atoms with Crippen LogP contribution in [0, 0.1) is 11.3 Å². The quantitative estimate of drug-likeness (QED) is 0.570. The highest BCUT2D eigenvalue weighted by atomic mass is 32.2. The first kappa shape index (κ1) is 15.2. The second kappa shape index (κ2) is 8.15. The lowest BCUT2D eigenvalue weighted by atomic mass is 10.2. The van der Waals surface area contributed by atoms with E-state index in [0.29, 0.717) is 6.42 Å². The van der Waals surface area contributed by atoms with Gasteiger partial charge in [-0.2, -0.15) is 5.26 Å². The number of hydrogen-bond acceptors (Lipinski definition) is 7. The lowest BCUT2D eigenvalue weighted by Crippen LogP contribution is -1.84. The Morgan fingerprint density at radius 3 is 2.55 bits per heavy atom. The first-order valence-electron chi connectivity index (χ1n) is 5.91. The molecule has 1 aromatic carbocycles. The van der Waals surface area contributed by atoms with Crippen molar-refractivity contribution in [1.82, 2.24) is 10.2 Å². The molecular weight excluding hydrogens is 310 g/mol. The van der Waals surface area contributed by atoms with E-state index in [0.717, 1.165) is 25.9 Å². The fourth-order valence-corrected chi connectivity index (χ4v) is 4.26. The number of nitriles is 1. The van der Waals surface area contributed by atoms with Crippen molar-refractivity contribution >= 4 is 34.9 Å². The van der Waals surface area contributed by atoms with Crippen molar-refractivity contribution in [3.8, 4) is 11.8 Å². The van der Waals surface area contributed by atoms with Gasteiger partial charge in [0.25, 0.3) is 0 Å². The normalized spacial score (nSPS) is 10.2. The number of hydrogen-bond donors (Lipinski definition) is 0. The molecule has 1 aromatic heterocycles. The molecule has 7 heteroatoms. The van der Waals surface area contributed by atoms with Gasteiger partial charge in [-0.3, -0.25) is 0 Å². The maximum absolute atomic E-state index is 8.49. The van der Waals surface area contributed by atoms with Crippen molar-refractivity contribution in [3.63, 3.8) is 0 Å². The van der Waals surface area contributed by atoms with E-state index in [1.54, 1.807) is 42.0 Å². The van der Waals surface area contributed by atoms with Crippen LogP contribution in [0.1, 0.15) is 12.0 Å². The predicted octanol–water partition coefficient (Wildman–Crippen LogP) is 3.84. The summed E-state index contributed by atoms with van der Waals surface area (Å²) in [6, 6.07) is 10.1. The fourth-order valence-electron chi connectivity index (χ4n) is 1.36. The van der Waals surface area contributed by atoms with Crippen molar-refractivity contribution < 1.29 is 4.74 Å². The van der Waals surface area contributed by atoms with Gasteiger partial charge in [0, 0.05) is 17.9 Å². The maximum Gasteiger partial charge on any atom is 0.175 e. The largest absolute Gasteiger partial charge is 0.497 e. The number of rotatable bonds is 7. The van der Waals surface area contributed by atoms with Gasteiger partial charge >= 0.3 is 0 Å². The molecule has 0 atom stereocenters. The summed E-state index contributed by atoms with van der Waals surface area (Å²) in [4.78, 5) is 0. The molecule has 0 saturated carbocycles. The number of aromatic nitrogens is 2. The lowest BCUT2D eigenvalue weighted by Gasteiger charge is -2.01. The van der Waals surface area contributed by atoms with E-state index in [2.05, 4.69) is 28.4 Å². The summed E-state index contributed by atoms with van der Waals surface area (Å²) in [5.74, 6) is 2.50. The average Bonchev–Trinajstić information content (AvgIpc) is 2.94. The van der Waals surface area contributed by atoms with Crippen molar-refractivity contribution in [1.29, 1.82) is 5.26 Å². The Labute approximate surface area is 130 Å². The van der Waals surface area contributed by atoms with Gasteiger partial charge in [0.15, 0.2) is 8.68 Å². The molecule has 0 amide bonds. The standard InChI is InChI=1S/C13H13N3OS3/c1-17-11-5-3-10(4-6-11)9-19-13-16-15-12(20-13)18-8-2-7-14/h3-6H,2,8-9H2,1H3. The molecule has 0 saturated heterocycles. The molecule has 20 heavy (non-hydrogen) atoms. The number of benzene rings is 1. The number of thioether (sulfide) groups is 2. The summed E-state index contributed by atoms with van der Waals surface area (Å²) in [5, 5.41) is 16.7. The molecule has 0 unspecified atom stereocenters. The molecule has 0 N–H and O–H groups in total. The molecule has 1 heterocycles. The zero-order valence-electron chi connectivity index (χ0n) is 10.9. The minimum Gasteiger partial charge on any atom is -0.497 e. The van der Waals surface area contributed by atoms with Gasteiger partial charge in [-0.1, -0.05) is 47.0 Å². The van der Waals surface area contributed by atoms with E-state index in [9.17, 15) is 0 Å². The van der Waals surface area contributed by atoms with Gasteiger partial charge in [0.05, 0.1) is 13.2 Å². The monoisotopic (exact) mass is 323 g/mol. The zero-order valence-corrected chi connectivity index (χ0v) is 13.4. The molecule has 0 spiro atoms. The lowest BCUT2D eigenvalue weighted by molar-refractivity contribution is 0.414. The third-order valence-corrected chi connectivity index (χ3v) is 5.61. The molecular formula is C13H13N3OS3. The smallest absolute Gasteiger partial charge is 0.175 e. The maximum atomic E-state index is 8.49. The summed E-state index contributed by atoms with van der Waals surface area (Å²) < 4.78 is 7.02. The fraction of sp³-hybridized carbons (Fsp3) is 0.308. The van der Waals surface area contributed by atoms with Crippen molar-refractivity contribution in [3.05, 3.63) is 29.8 Å². The van der Waals surface area contributed by atoms with E-state index >= 15 is 0 Å². The first-order valence-corrected chi connectivity index (χ1v) is 8.69. The molecule has 0 aliphatic rings. The van der Waals surface area contributed by atoms with Crippen LogP contribution >= 0.6 is 34.9 Å². The van der Waals surface area contributed by atoms with Crippen LogP contribution in [0.2, 0.25) is 0 Å². The Balaban J connectivity index is 1.82. The Kier molecular flexibility index (Phi) is 6.18. The minimum atomic E-state index is 0.540.